The Labute approximate surface area is 146 Å². The minimum Gasteiger partial charge on any atom is -0.207 e. The van der Waals surface area contributed by atoms with Gasteiger partial charge >= 0.3 is 0 Å². The lowest BCUT2D eigenvalue weighted by atomic mass is 9.93. The van der Waals surface area contributed by atoms with Crippen molar-refractivity contribution in [1.82, 2.24) is 4.31 Å². The predicted octanol–water partition coefficient (Wildman–Crippen LogP) is 4.66. The molecule has 1 aromatic rings. The first-order valence-electron chi connectivity index (χ1n) is 9.19. The van der Waals surface area contributed by atoms with Gasteiger partial charge in [0.1, 0.15) is 0 Å². The Kier molecular flexibility index (Phi) is 5.16. The van der Waals surface area contributed by atoms with E-state index in [0.717, 1.165) is 42.4 Å². The fourth-order valence-corrected chi connectivity index (χ4v) is 6.42. The molecule has 3 nitrogen and oxygen atoms in total. The zero-order valence-corrected chi connectivity index (χ0v) is 16.0. The van der Waals surface area contributed by atoms with Crippen molar-refractivity contribution in [2.45, 2.75) is 76.7 Å². The average Bonchev–Trinajstić information content (AvgIpc) is 2.96. The second kappa shape index (κ2) is 7.01. The molecular weight excluding hydrogens is 318 g/mol. The van der Waals surface area contributed by atoms with Crippen LogP contribution in [0.1, 0.15) is 61.6 Å². The molecule has 0 bridgehead atoms. The van der Waals surface area contributed by atoms with E-state index in [-0.39, 0.29) is 6.04 Å². The Bertz CT molecular complexity index is 718. The molecule has 24 heavy (non-hydrogen) atoms. The van der Waals surface area contributed by atoms with Crippen LogP contribution in [0.15, 0.2) is 28.7 Å². The number of sulfonamides is 1. The fraction of sp³-hybridized carbons (Fsp3) is 0.600. The largest absolute Gasteiger partial charge is 0.244 e. The van der Waals surface area contributed by atoms with Gasteiger partial charge in [-0.15, -0.1) is 0 Å². The Morgan fingerprint density at radius 1 is 1.00 bits per heavy atom. The second-order valence-corrected chi connectivity index (χ2v) is 9.27. The van der Waals surface area contributed by atoms with E-state index in [1.54, 1.807) is 4.31 Å². The normalized spacial score (nSPS) is 22.8. The number of nitrogens with zero attached hydrogens (tertiary/aromatic N) is 1. The summed E-state index contributed by atoms with van der Waals surface area (Å²) in [5.74, 6) is 0. The topological polar surface area (TPSA) is 37.4 Å². The molecule has 1 saturated heterocycles. The lowest BCUT2D eigenvalue weighted by Crippen LogP contribution is -2.35. The molecule has 0 radical (unpaired) electrons. The van der Waals surface area contributed by atoms with Crippen LogP contribution in [-0.2, 0) is 10.0 Å². The van der Waals surface area contributed by atoms with E-state index < -0.39 is 10.0 Å². The third-order valence-corrected chi connectivity index (χ3v) is 7.57. The summed E-state index contributed by atoms with van der Waals surface area (Å²) >= 11 is 0. The van der Waals surface area contributed by atoms with Crippen molar-refractivity contribution in [3.05, 3.63) is 40.5 Å². The smallest absolute Gasteiger partial charge is 0.207 e. The fourth-order valence-electron chi connectivity index (χ4n) is 4.37. The molecule has 1 aliphatic carbocycles. The average molecular weight is 348 g/mol. The van der Waals surface area contributed by atoms with E-state index in [1.807, 2.05) is 32.9 Å². The van der Waals surface area contributed by atoms with E-state index in [9.17, 15) is 8.42 Å². The molecule has 132 valence electrons. The molecule has 2 aliphatic rings. The van der Waals surface area contributed by atoms with Crippen LogP contribution in [0, 0.1) is 20.8 Å². The van der Waals surface area contributed by atoms with Crippen LogP contribution in [0.4, 0.5) is 0 Å². The lowest BCUT2D eigenvalue weighted by molar-refractivity contribution is 0.428. The highest BCUT2D eigenvalue weighted by atomic mass is 32.2. The lowest BCUT2D eigenvalue weighted by Gasteiger charge is -2.25. The molecule has 3 rings (SSSR count). The Morgan fingerprint density at radius 3 is 2.25 bits per heavy atom. The SMILES string of the molecule is Cc1cc(C)c(S(=O)(=O)N2CCCC2C=C2CCCCC2)c(C)c1. The molecule has 0 amide bonds. The van der Waals surface area contributed by atoms with Crippen molar-refractivity contribution < 1.29 is 8.42 Å². The molecule has 1 saturated carbocycles. The molecular formula is C20H29NO2S. The van der Waals surface area contributed by atoms with E-state index in [4.69, 9.17) is 0 Å². The van der Waals surface area contributed by atoms with E-state index in [0.29, 0.717) is 11.4 Å². The highest BCUT2D eigenvalue weighted by Gasteiger charge is 2.36. The first-order valence-corrected chi connectivity index (χ1v) is 10.6. The zero-order valence-electron chi connectivity index (χ0n) is 15.1. The van der Waals surface area contributed by atoms with E-state index in [2.05, 4.69) is 6.08 Å². The molecule has 1 heterocycles. The van der Waals surface area contributed by atoms with Crippen molar-refractivity contribution in [3.63, 3.8) is 0 Å². The van der Waals surface area contributed by atoms with Crippen LogP contribution in [0.25, 0.3) is 0 Å². The highest BCUT2D eigenvalue weighted by molar-refractivity contribution is 7.89. The monoisotopic (exact) mass is 347 g/mol. The van der Waals surface area contributed by atoms with Crippen LogP contribution in [0.3, 0.4) is 0 Å². The summed E-state index contributed by atoms with van der Waals surface area (Å²) in [5, 5.41) is 0. The first-order chi connectivity index (χ1) is 11.4. The van der Waals surface area contributed by atoms with Gasteiger partial charge in [0.15, 0.2) is 0 Å². The summed E-state index contributed by atoms with van der Waals surface area (Å²) in [6, 6.07) is 4.00. The summed E-state index contributed by atoms with van der Waals surface area (Å²) < 4.78 is 28.4. The Hall–Kier alpha value is -1.13. The van der Waals surface area contributed by atoms with Gasteiger partial charge < -0.3 is 0 Å². The van der Waals surface area contributed by atoms with Gasteiger partial charge in [0.25, 0.3) is 0 Å². The van der Waals surface area contributed by atoms with Crippen molar-refractivity contribution in [1.29, 1.82) is 0 Å². The van der Waals surface area contributed by atoms with Crippen molar-refractivity contribution >= 4 is 10.0 Å². The summed E-state index contributed by atoms with van der Waals surface area (Å²) in [5.41, 5.74) is 4.31. The number of allylic oxidation sites excluding steroid dienone is 1. The summed E-state index contributed by atoms with van der Waals surface area (Å²) in [7, 11) is -3.43. The van der Waals surface area contributed by atoms with E-state index >= 15 is 0 Å². The molecule has 1 atom stereocenters. The van der Waals surface area contributed by atoms with Gasteiger partial charge in [0, 0.05) is 12.6 Å². The minimum absolute atomic E-state index is 0.0446. The number of rotatable bonds is 3. The number of benzene rings is 1. The third-order valence-electron chi connectivity index (χ3n) is 5.34. The van der Waals surface area contributed by atoms with Gasteiger partial charge in [0.2, 0.25) is 10.0 Å². The maximum atomic E-state index is 13.3. The quantitative estimate of drug-likeness (QED) is 0.746. The minimum atomic E-state index is -3.43. The van der Waals surface area contributed by atoms with Gasteiger partial charge in [-0.25, -0.2) is 8.42 Å². The summed E-state index contributed by atoms with van der Waals surface area (Å²) in [4.78, 5) is 0.516. The molecule has 1 unspecified atom stereocenters. The first kappa shape index (κ1) is 17.7. The molecule has 2 fully saturated rings. The van der Waals surface area contributed by atoms with Gasteiger partial charge in [-0.3, -0.25) is 0 Å². The number of aryl methyl sites for hydroxylation is 3. The Morgan fingerprint density at radius 2 is 1.62 bits per heavy atom. The van der Waals surface area contributed by atoms with Gasteiger partial charge in [0.05, 0.1) is 4.90 Å². The van der Waals surface area contributed by atoms with Crippen LogP contribution in [0.5, 0.6) is 0 Å². The molecule has 0 N–H and O–H groups in total. The van der Waals surface area contributed by atoms with Crippen molar-refractivity contribution in [3.8, 4) is 0 Å². The van der Waals surface area contributed by atoms with Gasteiger partial charge in [-0.05, 0) is 70.4 Å². The van der Waals surface area contributed by atoms with Crippen LogP contribution in [0.2, 0.25) is 0 Å². The zero-order chi connectivity index (χ0) is 17.3. The molecule has 1 aliphatic heterocycles. The Balaban J connectivity index is 1.94. The van der Waals surface area contributed by atoms with Crippen LogP contribution < -0.4 is 0 Å². The van der Waals surface area contributed by atoms with Crippen LogP contribution >= 0.6 is 0 Å². The molecule has 0 aromatic heterocycles. The number of hydrogen-bond donors (Lipinski definition) is 0. The summed E-state index contributed by atoms with van der Waals surface area (Å²) in [6.45, 7) is 6.49. The van der Waals surface area contributed by atoms with E-state index in [1.165, 1.54) is 24.8 Å². The number of hydrogen-bond acceptors (Lipinski definition) is 2. The highest BCUT2D eigenvalue weighted by Crippen LogP contribution is 2.33. The second-order valence-electron chi connectivity index (χ2n) is 7.44. The van der Waals surface area contributed by atoms with Gasteiger partial charge in [-0.1, -0.05) is 35.8 Å². The molecule has 4 heteroatoms. The van der Waals surface area contributed by atoms with Gasteiger partial charge in [-0.2, -0.15) is 4.31 Å². The van der Waals surface area contributed by atoms with Crippen LogP contribution in [-0.4, -0.2) is 25.3 Å². The third kappa shape index (κ3) is 3.45. The van der Waals surface area contributed by atoms with Crippen molar-refractivity contribution in [2.24, 2.45) is 0 Å². The standard InChI is InChI=1S/C20H29NO2S/c1-15-12-16(2)20(17(3)13-15)24(22,23)21-11-7-10-19(21)14-18-8-5-4-6-9-18/h12-14,19H,4-11H2,1-3H3. The summed E-state index contributed by atoms with van der Waals surface area (Å²) in [6.07, 6.45) is 10.3. The molecule has 0 spiro atoms. The molecule has 1 aromatic carbocycles. The van der Waals surface area contributed by atoms with Crippen molar-refractivity contribution in [2.75, 3.05) is 6.54 Å². The predicted molar refractivity (Wildman–Crippen MR) is 98.7 cm³/mol. The maximum absolute atomic E-state index is 13.3. The maximum Gasteiger partial charge on any atom is 0.244 e.